The van der Waals surface area contributed by atoms with Gasteiger partial charge >= 0.3 is 0 Å². The van der Waals surface area contributed by atoms with Crippen LogP contribution in [-0.2, 0) is 5.41 Å². The Hall–Kier alpha value is -1.02. The fraction of sp³-hybridized carbons (Fsp3) is 0.647. The van der Waals surface area contributed by atoms with Crippen LogP contribution in [0.3, 0.4) is 0 Å². The van der Waals surface area contributed by atoms with Crippen LogP contribution in [0.25, 0.3) is 0 Å². The molecule has 19 heavy (non-hydrogen) atoms. The highest BCUT2D eigenvalue weighted by Gasteiger charge is 2.16. The van der Waals surface area contributed by atoms with E-state index in [9.17, 15) is 0 Å². The number of ether oxygens (including phenoxy) is 1. The summed E-state index contributed by atoms with van der Waals surface area (Å²) < 4.78 is 5.96. The first-order valence-electron chi connectivity index (χ1n) is 7.29. The maximum Gasteiger partial charge on any atom is 0.119 e. The minimum atomic E-state index is 0.165. The molecule has 0 aliphatic rings. The topological polar surface area (TPSA) is 21.3 Å². The summed E-state index contributed by atoms with van der Waals surface area (Å²) in [5.41, 5.74) is 1.48. The van der Waals surface area contributed by atoms with Crippen molar-refractivity contribution in [2.45, 2.75) is 52.5 Å². The molecule has 0 aliphatic carbocycles. The van der Waals surface area contributed by atoms with E-state index < -0.39 is 0 Å². The Bertz CT molecular complexity index is 381. The minimum absolute atomic E-state index is 0.165. The molecule has 108 valence electrons. The third kappa shape index (κ3) is 4.87. The lowest BCUT2D eigenvalue weighted by molar-refractivity contribution is 0.228. The monoisotopic (exact) mass is 263 g/mol. The summed E-state index contributed by atoms with van der Waals surface area (Å²) in [6.45, 7) is 11.9. The molecule has 1 aromatic carbocycles. The van der Waals surface area contributed by atoms with Crippen molar-refractivity contribution >= 4 is 0 Å². The molecule has 0 saturated carbocycles. The first-order chi connectivity index (χ1) is 8.88. The average Bonchev–Trinajstić information content (AvgIpc) is 2.38. The van der Waals surface area contributed by atoms with Crippen molar-refractivity contribution in [3.8, 4) is 5.75 Å². The maximum absolute atomic E-state index is 5.96. The molecule has 2 nitrogen and oxygen atoms in total. The number of nitrogens with one attached hydrogen (secondary N) is 1. The highest BCUT2D eigenvalue weighted by atomic mass is 16.5. The quantitative estimate of drug-likeness (QED) is 0.837. The number of likely N-dealkylation sites (N-methyl/N-ethyl adjacent to an activating group) is 1. The first-order valence-corrected chi connectivity index (χ1v) is 7.29. The van der Waals surface area contributed by atoms with Crippen molar-refractivity contribution in [2.75, 3.05) is 13.7 Å². The van der Waals surface area contributed by atoms with E-state index in [0.717, 1.165) is 18.8 Å². The van der Waals surface area contributed by atoms with Crippen molar-refractivity contribution in [1.82, 2.24) is 5.32 Å². The highest BCUT2D eigenvalue weighted by molar-refractivity contribution is 5.32. The molecule has 2 atom stereocenters. The summed E-state index contributed by atoms with van der Waals surface area (Å²) >= 11 is 0. The van der Waals surface area contributed by atoms with Gasteiger partial charge in [0.2, 0.25) is 0 Å². The summed E-state index contributed by atoms with van der Waals surface area (Å²) in [6.07, 6.45) is 1.16. The molecule has 0 radical (unpaired) electrons. The van der Waals surface area contributed by atoms with E-state index in [1.54, 1.807) is 0 Å². The Balaban J connectivity index is 2.67. The maximum atomic E-state index is 5.96. The van der Waals surface area contributed by atoms with Crippen LogP contribution in [0, 0.1) is 5.92 Å². The summed E-state index contributed by atoms with van der Waals surface area (Å²) in [5, 5.41) is 3.34. The van der Waals surface area contributed by atoms with Gasteiger partial charge in [-0.05, 0) is 36.1 Å². The Morgan fingerprint density at radius 3 is 2.47 bits per heavy atom. The molecule has 0 bridgehead atoms. The number of rotatable bonds is 6. The highest BCUT2D eigenvalue weighted by Crippen LogP contribution is 2.25. The fourth-order valence-corrected chi connectivity index (χ4v) is 2.06. The zero-order chi connectivity index (χ0) is 14.5. The molecule has 0 spiro atoms. The molecule has 1 N–H and O–H groups in total. The largest absolute Gasteiger partial charge is 0.492 e. The Morgan fingerprint density at radius 1 is 1.26 bits per heavy atom. The van der Waals surface area contributed by atoms with E-state index in [1.165, 1.54) is 5.56 Å². The van der Waals surface area contributed by atoms with Gasteiger partial charge in [-0.15, -0.1) is 0 Å². The van der Waals surface area contributed by atoms with Crippen molar-refractivity contribution in [3.05, 3.63) is 29.8 Å². The van der Waals surface area contributed by atoms with Crippen LogP contribution >= 0.6 is 0 Å². The van der Waals surface area contributed by atoms with E-state index in [2.05, 4.69) is 58.1 Å². The van der Waals surface area contributed by atoms with Gasteiger partial charge in [0.05, 0.1) is 0 Å². The van der Waals surface area contributed by atoms with Gasteiger partial charge < -0.3 is 10.1 Å². The van der Waals surface area contributed by atoms with Crippen LogP contribution < -0.4 is 10.1 Å². The van der Waals surface area contributed by atoms with E-state index in [1.807, 2.05) is 13.1 Å². The van der Waals surface area contributed by atoms with Gasteiger partial charge in [-0.1, -0.05) is 53.2 Å². The normalized spacial score (nSPS) is 15.1. The molecule has 0 heterocycles. The molecule has 0 fully saturated rings. The van der Waals surface area contributed by atoms with Crippen LogP contribution in [0.5, 0.6) is 5.75 Å². The molecular weight excluding hydrogens is 234 g/mol. The lowest BCUT2D eigenvalue weighted by atomic mass is 9.87. The smallest absolute Gasteiger partial charge is 0.119 e. The second-order valence-electron chi connectivity index (χ2n) is 6.37. The number of hydrogen-bond acceptors (Lipinski definition) is 2. The van der Waals surface area contributed by atoms with Gasteiger partial charge in [0.25, 0.3) is 0 Å². The fourth-order valence-electron chi connectivity index (χ4n) is 2.06. The predicted octanol–water partition coefficient (Wildman–Crippen LogP) is 4.00. The molecule has 1 rings (SSSR count). The van der Waals surface area contributed by atoms with Crippen molar-refractivity contribution in [1.29, 1.82) is 0 Å². The van der Waals surface area contributed by atoms with Crippen LogP contribution in [-0.4, -0.2) is 19.7 Å². The zero-order valence-electron chi connectivity index (χ0n) is 13.3. The molecular formula is C17H29NO. The van der Waals surface area contributed by atoms with Crippen LogP contribution in [0.2, 0.25) is 0 Å². The van der Waals surface area contributed by atoms with Gasteiger partial charge in [0.1, 0.15) is 12.4 Å². The Morgan fingerprint density at radius 2 is 1.95 bits per heavy atom. The van der Waals surface area contributed by atoms with E-state index in [-0.39, 0.29) is 5.41 Å². The summed E-state index contributed by atoms with van der Waals surface area (Å²) in [4.78, 5) is 0. The Labute approximate surface area is 118 Å². The Kier molecular flexibility index (Phi) is 5.86. The number of benzene rings is 1. The van der Waals surface area contributed by atoms with E-state index in [0.29, 0.717) is 12.0 Å². The van der Waals surface area contributed by atoms with Crippen LogP contribution in [0.15, 0.2) is 24.3 Å². The third-order valence-electron chi connectivity index (χ3n) is 3.83. The van der Waals surface area contributed by atoms with E-state index >= 15 is 0 Å². The second kappa shape index (κ2) is 6.95. The molecule has 1 aromatic rings. The standard InChI is InChI=1S/C17H29NO/c1-7-13(2)16(18-6)12-19-15-10-8-9-14(11-15)17(3,4)5/h8-11,13,16,18H,7,12H2,1-6H3. The van der Waals surface area contributed by atoms with Crippen molar-refractivity contribution in [3.63, 3.8) is 0 Å². The SMILES string of the molecule is CCC(C)C(COc1cccc(C(C)(C)C)c1)NC. The van der Waals surface area contributed by atoms with Gasteiger partial charge in [0, 0.05) is 6.04 Å². The van der Waals surface area contributed by atoms with Gasteiger partial charge in [0.15, 0.2) is 0 Å². The average molecular weight is 263 g/mol. The third-order valence-corrected chi connectivity index (χ3v) is 3.83. The first kappa shape index (κ1) is 16.0. The van der Waals surface area contributed by atoms with E-state index in [4.69, 9.17) is 4.74 Å². The van der Waals surface area contributed by atoms with Crippen LogP contribution in [0.1, 0.15) is 46.6 Å². The predicted molar refractivity (Wildman–Crippen MR) is 82.9 cm³/mol. The molecule has 0 saturated heterocycles. The molecule has 0 aromatic heterocycles. The molecule has 2 unspecified atom stereocenters. The summed E-state index contributed by atoms with van der Waals surface area (Å²) in [7, 11) is 2.01. The summed E-state index contributed by atoms with van der Waals surface area (Å²) in [5.74, 6) is 1.59. The molecule has 0 amide bonds. The van der Waals surface area contributed by atoms with Gasteiger partial charge in [-0.3, -0.25) is 0 Å². The number of hydrogen-bond donors (Lipinski definition) is 1. The molecule has 2 heteroatoms. The second-order valence-corrected chi connectivity index (χ2v) is 6.37. The lowest BCUT2D eigenvalue weighted by Gasteiger charge is -2.24. The summed E-state index contributed by atoms with van der Waals surface area (Å²) in [6, 6.07) is 8.84. The van der Waals surface area contributed by atoms with Crippen LogP contribution in [0.4, 0.5) is 0 Å². The zero-order valence-corrected chi connectivity index (χ0v) is 13.3. The van der Waals surface area contributed by atoms with Gasteiger partial charge in [-0.25, -0.2) is 0 Å². The lowest BCUT2D eigenvalue weighted by Crippen LogP contribution is -2.37. The minimum Gasteiger partial charge on any atom is -0.492 e. The van der Waals surface area contributed by atoms with Crippen molar-refractivity contribution in [2.24, 2.45) is 5.92 Å². The van der Waals surface area contributed by atoms with Gasteiger partial charge in [-0.2, -0.15) is 0 Å². The van der Waals surface area contributed by atoms with Crippen molar-refractivity contribution < 1.29 is 4.74 Å². The molecule has 0 aliphatic heterocycles.